The number of carbonyl (C=O) groups excluding carboxylic acids is 2. The van der Waals surface area contributed by atoms with Crippen molar-refractivity contribution in [2.24, 2.45) is 0 Å². The first kappa shape index (κ1) is 45.0. The van der Waals surface area contributed by atoms with Crippen LogP contribution in [0.25, 0.3) is 0 Å². The summed E-state index contributed by atoms with van der Waals surface area (Å²) in [5, 5.41) is 9.85. The lowest BCUT2D eigenvalue weighted by Gasteiger charge is -2.18. The van der Waals surface area contributed by atoms with E-state index in [4.69, 9.17) is 19.3 Å². The minimum atomic E-state index is -4.77. The maximum absolute atomic E-state index is 12.3. The van der Waals surface area contributed by atoms with Crippen molar-refractivity contribution in [3.8, 4) is 0 Å². The van der Waals surface area contributed by atoms with Crippen molar-refractivity contribution in [3.63, 3.8) is 0 Å². The Balaban J connectivity index is 4.14. The number of aliphatic hydroxyl groups excluding tert-OH is 1. The number of phosphoric acid groups is 1. The molecule has 0 radical (unpaired) electrons. The molecule has 0 fully saturated rings. The number of hydrogen-bond acceptors (Lipinski definition) is 7. The maximum atomic E-state index is 12.3. The van der Waals surface area contributed by atoms with Gasteiger partial charge in [-0.15, -0.1) is 0 Å². The van der Waals surface area contributed by atoms with Crippen LogP contribution in [-0.4, -0.2) is 52.3 Å². The van der Waals surface area contributed by atoms with Gasteiger partial charge in [0.1, 0.15) is 6.61 Å². The zero-order chi connectivity index (χ0) is 34.9. The van der Waals surface area contributed by atoms with Gasteiger partial charge >= 0.3 is 19.8 Å². The third-order valence-electron chi connectivity index (χ3n) is 7.45. The molecule has 0 aromatic carbocycles. The van der Waals surface area contributed by atoms with Crippen molar-refractivity contribution in [3.05, 3.63) is 48.6 Å². The van der Waals surface area contributed by atoms with Gasteiger partial charge in [0.2, 0.25) is 0 Å². The summed E-state index contributed by atoms with van der Waals surface area (Å²) < 4.78 is 26.2. The topological polar surface area (TPSA) is 140 Å². The summed E-state index contributed by atoms with van der Waals surface area (Å²) in [6.45, 7) is 3.48. The second kappa shape index (κ2) is 32.5. The number of hydrogen-bond donors (Lipinski definition) is 3. The molecule has 0 aromatic heterocycles. The van der Waals surface area contributed by atoms with E-state index in [1.54, 1.807) is 0 Å². The molecule has 0 amide bonds. The van der Waals surface area contributed by atoms with E-state index in [-0.39, 0.29) is 25.6 Å². The van der Waals surface area contributed by atoms with Gasteiger partial charge in [-0.3, -0.25) is 14.1 Å². The van der Waals surface area contributed by atoms with Crippen LogP contribution in [-0.2, 0) is 28.2 Å². The lowest BCUT2D eigenvalue weighted by atomic mass is 10.1. The molecule has 0 aromatic rings. The van der Waals surface area contributed by atoms with Crippen LogP contribution < -0.4 is 0 Å². The molecule has 0 aliphatic heterocycles. The Morgan fingerprint density at radius 2 is 1.21 bits per heavy atom. The van der Waals surface area contributed by atoms with Crippen molar-refractivity contribution in [1.82, 2.24) is 0 Å². The lowest BCUT2D eigenvalue weighted by Crippen LogP contribution is -2.29. The molecular formula is C37H65O9P. The van der Waals surface area contributed by atoms with Crippen LogP contribution >= 0.6 is 7.82 Å². The molecule has 272 valence electrons. The highest BCUT2D eigenvalue weighted by Crippen LogP contribution is 2.36. The van der Waals surface area contributed by atoms with E-state index in [9.17, 15) is 19.3 Å². The van der Waals surface area contributed by atoms with Crippen LogP contribution in [0.15, 0.2) is 48.6 Å². The van der Waals surface area contributed by atoms with Crippen LogP contribution in [0.2, 0.25) is 0 Å². The number of ether oxygens (including phenoxy) is 2. The van der Waals surface area contributed by atoms with E-state index in [2.05, 4.69) is 30.5 Å². The molecule has 9 nitrogen and oxygen atoms in total. The zero-order valence-electron chi connectivity index (χ0n) is 29.3. The van der Waals surface area contributed by atoms with Gasteiger partial charge in [-0.05, 0) is 38.5 Å². The number of esters is 2. The monoisotopic (exact) mass is 684 g/mol. The van der Waals surface area contributed by atoms with Gasteiger partial charge in [0.15, 0.2) is 6.10 Å². The quantitative estimate of drug-likeness (QED) is 0.0208. The largest absolute Gasteiger partial charge is 0.469 e. The molecule has 47 heavy (non-hydrogen) atoms. The van der Waals surface area contributed by atoms with Crippen LogP contribution in [0, 0.1) is 0 Å². The van der Waals surface area contributed by atoms with Gasteiger partial charge in [0, 0.05) is 12.8 Å². The minimum absolute atomic E-state index is 0.171. The first-order valence-corrected chi connectivity index (χ1v) is 19.6. The van der Waals surface area contributed by atoms with E-state index < -0.39 is 32.5 Å². The Bertz CT molecular complexity index is 923. The van der Waals surface area contributed by atoms with Crippen LogP contribution in [0.1, 0.15) is 149 Å². The molecule has 0 bridgehead atoms. The van der Waals surface area contributed by atoms with Crippen LogP contribution in [0.4, 0.5) is 0 Å². The summed E-state index contributed by atoms with van der Waals surface area (Å²) in [4.78, 5) is 42.5. The van der Waals surface area contributed by atoms with Crippen molar-refractivity contribution in [1.29, 1.82) is 0 Å². The van der Waals surface area contributed by atoms with E-state index >= 15 is 0 Å². The van der Waals surface area contributed by atoms with Gasteiger partial charge in [0.25, 0.3) is 0 Å². The van der Waals surface area contributed by atoms with Crippen molar-refractivity contribution in [2.45, 2.75) is 161 Å². The van der Waals surface area contributed by atoms with Crippen LogP contribution in [0.3, 0.4) is 0 Å². The summed E-state index contributed by atoms with van der Waals surface area (Å²) in [6.07, 6.45) is 34.5. The molecule has 3 N–H and O–H groups in total. The molecule has 0 heterocycles. The predicted molar refractivity (Wildman–Crippen MR) is 190 cm³/mol. The van der Waals surface area contributed by atoms with E-state index in [0.717, 1.165) is 57.8 Å². The maximum Gasteiger partial charge on any atom is 0.469 e. The molecule has 10 heteroatoms. The fraction of sp³-hybridized carbons (Fsp3) is 0.730. The Hall–Kier alpha value is -2.03. The highest BCUT2D eigenvalue weighted by atomic mass is 31.2. The number of carbonyl (C=O) groups is 2. The van der Waals surface area contributed by atoms with Gasteiger partial charge < -0.3 is 24.4 Å². The Morgan fingerprint density at radius 1 is 0.660 bits per heavy atom. The highest BCUT2D eigenvalue weighted by Gasteiger charge is 2.22. The fourth-order valence-electron chi connectivity index (χ4n) is 4.71. The second-order valence-corrected chi connectivity index (χ2v) is 13.3. The van der Waals surface area contributed by atoms with Crippen LogP contribution in [0.5, 0.6) is 0 Å². The fourth-order valence-corrected chi connectivity index (χ4v) is 5.07. The molecule has 2 atom stereocenters. The summed E-state index contributed by atoms with van der Waals surface area (Å²) in [5.74, 6) is -0.980. The lowest BCUT2D eigenvalue weighted by molar-refractivity contribution is -0.161. The summed E-state index contributed by atoms with van der Waals surface area (Å²) in [7, 11) is -4.77. The van der Waals surface area contributed by atoms with Gasteiger partial charge in [0.05, 0.1) is 12.7 Å². The number of unbranched alkanes of at least 4 members (excludes halogenated alkanes) is 13. The molecule has 0 aliphatic carbocycles. The number of rotatable bonds is 32. The Kier molecular flexibility index (Phi) is 31.1. The van der Waals surface area contributed by atoms with E-state index in [1.807, 2.05) is 36.5 Å². The van der Waals surface area contributed by atoms with Crippen molar-refractivity contribution >= 4 is 19.8 Å². The average Bonchev–Trinajstić information content (AvgIpc) is 3.03. The summed E-state index contributed by atoms with van der Waals surface area (Å²) in [6, 6.07) is 0. The molecular weight excluding hydrogens is 619 g/mol. The molecule has 0 saturated carbocycles. The standard InChI is InChI=1S/C37H65O9P/c1-3-5-7-8-9-10-12-17-20-23-27-31-37(40)46-35(33-45-47(41,42)43)32-44-36(39)30-26-22-19-16-14-11-13-15-18-21-25-29-34(38)28-24-6-4-2/h11,13,16,18-19,21,25,29,34-35,38H,3-10,12,14-15,17,20,22-24,26-28,30-33H2,1-2H3,(H2,41,42,43)/b13-11-,19-16-,21-18-,29-25+/t34-,35-/m1/s1. The van der Waals surface area contributed by atoms with Crippen molar-refractivity contribution < 1.29 is 43.0 Å². The van der Waals surface area contributed by atoms with Gasteiger partial charge in [-0.25, -0.2) is 4.57 Å². The molecule has 0 saturated heterocycles. The highest BCUT2D eigenvalue weighted by molar-refractivity contribution is 7.46. The van der Waals surface area contributed by atoms with Crippen molar-refractivity contribution in [2.75, 3.05) is 13.2 Å². The van der Waals surface area contributed by atoms with E-state index in [1.165, 1.54) is 44.9 Å². The number of phosphoric ester groups is 1. The van der Waals surface area contributed by atoms with Gasteiger partial charge in [-0.2, -0.15) is 0 Å². The summed E-state index contributed by atoms with van der Waals surface area (Å²) in [5.41, 5.74) is 0. The smallest absolute Gasteiger partial charge is 0.462 e. The molecule has 0 spiro atoms. The zero-order valence-corrected chi connectivity index (χ0v) is 30.2. The number of allylic oxidation sites excluding steroid dienone is 7. The second-order valence-electron chi connectivity index (χ2n) is 12.0. The third kappa shape index (κ3) is 35.1. The summed E-state index contributed by atoms with van der Waals surface area (Å²) >= 11 is 0. The third-order valence-corrected chi connectivity index (χ3v) is 7.94. The molecule has 0 rings (SSSR count). The molecule has 0 aliphatic rings. The first-order valence-electron chi connectivity index (χ1n) is 18.0. The molecule has 0 unspecified atom stereocenters. The predicted octanol–water partition coefficient (Wildman–Crippen LogP) is 9.37. The first-order chi connectivity index (χ1) is 22.7. The van der Waals surface area contributed by atoms with Gasteiger partial charge in [-0.1, -0.05) is 146 Å². The van der Waals surface area contributed by atoms with E-state index in [0.29, 0.717) is 19.3 Å². The minimum Gasteiger partial charge on any atom is -0.462 e. The SMILES string of the molecule is CCCCCCCCCCCCCC(=O)O[C@H](COC(=O)CCC/C=C\C/C=C\C/C=C\C=C\[C@H](O)CCCCC)COP(=O)(O)O. The Labute approximate surface area is 285 Å². The normalized spacial score (nSPS) is 13.7. The average molecular weight is 685 g/mol. The Morgan fingerprint density at radius 3 is 1.85 bits per heavy atom. The number of aliphatic hydroxyl groups is 1.